The third-order valence-corrected chi connectivity index (χ3v) is 5.06. The van der Waals surface area contributed by atoms with E-state index in [1.807, 2.05) is 37.4 Å². The Hall–Kier alpha value is -1.95. The Labute approximate surface area is 166 Å². The van der Waals surface area contributed by atoms with Gasteiger partial charge >= 0.3 is 0 Å². The van der Waals surface area contributed by atoms with Gasteiger partial charge in [0.25, 0.3) is 0 Å². The predicted octanol–water partition coefficient (Wildman–Crippen LogP) is 3.09. The molecule has 6 heteroatoms. The minimum atomic E-state index is -0.274. The Morgan fingerprint density at radius 2 is 1.81 bits per heavy atom. The minimum absolute atomic E-state index is 0. The van der Waals surface area contributed by atoms with Crippen LogP contribution in [-0.2, 0) is 4.79 Å². The molecule has 1 aliphatic rings. The number of halogens is 2. The zero-order valence-corrected chi connectivity index (χ0v) is 16.6. The smallest absolute Gasteiger partial charge is 0.237 e. The van der Waals surface area contributed by atoms with Crippen LogP contribution in [0.1, 0.15) is 24.1 Å². The minimum Gasteiger partial charge on any atom is -0.334 e. The Morgan fingerprint density at radius 3 is 2.44 bits per heavy atom. The molecular weight excluding hydrogens is 365 g/mol. The number of nitrogens with one attached hydrogen (secondary N) is 1. The fourth-order valence-corrected chi connectivity index (χ4v) is 3.47. The number of likely N-dealkylation sites (N-methyl/N-ethyl adjacent to an activating group) is 1. The highest BCUT2D eigenvalue weighted by molar-refractivity contribution is 5.85. The average molecular weight is 392 g/mol. The summed E-state index contributed by atoms with van der Waals surface area (Å²) in [5, 5.41) is 3.34. The molecule has 1 N–H and O–H groups in total. The number of carbonyl (C=O) groups excluding carboxylic acids is 1. The van der Waals surface area contributed by atoms with Crippen molar-refractivity contribution in [1.82, 2.24) is 15.1 Å². The van der Waals surface area contributed by atoms with Crippen molar-refractivity contribution in [2.75, 3.05) is 33.2 Å². The van der Waals surface area contributed by atoms with Crippen molar-refractivity contribution < 1.29 is 9.18 Å². The number of carbonyl (C=O) groups is 1. The van der Waals surface area contributed by atoms with Gasteiger partial charge in [-0.3, -0.25) is 9.69 Å². The van der Waals surface area contributed by atoms with Crippen LogP contribution in [0.15, 0.2) is 54.6 Å². The van der Waals surface area contributed by atoms with E-state index in [-0.39, 0.29) is 30.2 Å². The van der Waals surface area contributed by atoms with E-state index in [1.165, 1.54) is 12.1 Å². The molecule has 2 aromatic carbocycles. The summed E-state index contributed by atoms with van der Waals surface area (Å²) in [5.74, 6) is -0.207. The SMILES string of the molecule is C[C@H]1CNCCN1CC(=O)N(C)C(c1ccccc1)c1ccc(F)cc1.Cl. The predicted molar refractivity (Wildman–Crippen MR) is 109 cm³/mol. The van der Waals surface area contributed by atoms with E-state index in [9.17, 15) is 9.18 Å². The number of piperazine rings is 1. The molecular formula is C21H27ClFN3O. The van der Waals surface area contributed by atoms with Gasteiger partial charge in [0, 0.05) is 32.7 Å². The standard InChI is InChI=1S/C21H26FN3O.ClH/c1-16-14-23-12-13-25(16)15-20(26)24(2)21(17-6-4-3-5-7-17)18-8-10-19(22)11-9-18;/h3-11,16,21,23H,12-15H2,1-2H3;1H/t16-,21?;/m0./s1. The number of nitrogens with zero attached hydrogens (tertiary/aromatic N) is 2. The fraction of sp³-hybridized carbons (Fsp3) is 0.381. The zero-order valence-electron chi connectivity index (χ0n) is 15.8. The van der Waals surface area contributed by atoms with Gasteiger partial charge in [-0.25, -0.2) is 4.39 Å². The zero-order chi connectivity index (χ0) is 18.5. The molecule has 0 aromatic heterocycles. The fourth-order valence-electron chi connectivity index (χ4n) is 3.47. The second-order valence-corrected chi connectivity index (χ2v) is 6.89. The molecule has 0 bridgehead atoms. The Kier molecular flexibility index (Phi) is 7.78. The molecule has 1 unspecified atom stereocenters. The average Bonchev–Trinajstić information content (AvgIpc) is 2.66. The highest BCUT2D eigenvalue weighted by Crippen LogP contribution is 2.28. The second kappa shape index (κ2) is 9.83. The van der Waals surface area contributed by atoms with Crippen LogP contribution in [0, 0.1) is 5.82 Å². The molecule has 1 fully saturated rings. The van der Waals surface area contributed by atoms with Crippen molar-refractivity contribution in [3.05, 3.63) is 71.5 Å². The van der Waals surface area contributed by atoms with Crippen LogP contribution in [0.25, 0.3) is 0 Å². The van der Waals surface area contributed by atoms with Gasteiger partial charge in [-0.1, -0.05) is 42.5 Å². The first-order valence-electron chi connectivity index (χ1n) is 9.07. The van der Waals surface area contributed by atoms with Crippen molar-refractivity contribution in [3.8, 4) is 0 Å². The van der Waals surface area contributed by atoms with E-state index < -0.39 is 0 Å². The van der Waals surface area contributed by atoms with Crippen LogP contribution >= 0.6 is 12.4 Å². The van der Waals surface area contributed by atoms with Crippen LogP contribution in [0.2, 0.25) is 0 Å². The Balaban J connectivity index is 0.00000261. The van der Waals surface area contributed by atoms with Crippen LogP contribution in [0.3, 0.4) is 0 Å². The van der Waals surface area contributed by atoms with Crippen molar-refractivity contribution in [3.63, 3.8) is 0 Å². The molecule has 4 nitrogen and oxygen atoms in total. The topological polar surface area (TPSA) is 35.6 Å². The molecule has 1 heterocycles. The van der Waals surface area contributed by atoms with Gasteiger partial charge in [0.2, 0.25) is 5.91 Å². The summed E-state index contributed by atoms with van der Waals surface area (Å²) in [6.07, 6.45) is 0. The highest BCUT2D eigenvalue weighted by atomic mass is 35.5. The van der Waals surface area contributed by atoms with E-state index in [2.05, 4.69) is 17.1 Å². The van der Waals surface area contributed by atoms with Gasteiger partial charge in [-0.05, 0) is 30.2 Å². The van der Waals surface area contributed by atoms with E-state index in [0.29, 0.717) is 12.6 Å². The molecule has 2 aromatic rings. The summed E-state index contributed by atoms with van der Waals surface area (Å²) in [5.41, 5.74) is 1.92. The van der Waals surface area contributed by atoms with Gasteiger partial charge in [-0.15, -0.1) is 12.4 Å². The van der Waals surface area contributed by atoms with Crippen LogP contribution in [-0.4, -0.2) is 55.0 Å². The maximum atomic E-state index is 13.4. The second-order valence-electron chi connectivity index (χ2n) is 6.89. The van der Waals surface area contributed by atoms with E-state index >= 15 is 0 Å². The lowest BCUT2D eigenvalue weighted by Crippen LogP contribution is -2.53. The molecule has 1 aliphatic heterocycles. The first kappa shape index (κ1) is 21.4. The molecule has 0 saturated carbocycles. The summed E-state index contributed by atoms with van der Waals surface area (Å²) in [6.45, 7) is 5.20. The Morgan fingerprint density at radius 1 is 1.19 bits per heavy atom. The number of hydrogen-bond acceptors (Lipinski definition) is 3. The van der Waals surface area contributed by atoms with Gasteiger partial charge in [-0.2, -0.15) is 0 Å². The number of hydrogen-bond donors (Lipinski definition) is 1. The Bertz CT molecular complexity index is 726. The van der Waals surface area contributed by atoms with Crippen molar-refractivity contribution in [1.29, 1.82) is 0 Å². The van der Waals surface area contributed by atoms with E-state index in [4.69, 9.17) is 0 Å². The van der Waals surface area contributed by atoms with Crippen molar-refractivity contribution >= 4 is 18.3 Å². The third-order valence-electron chi connectivity index (χ3n) is 5.06. The van der Waals surface area contributed by atoms with Gasteiger partial charge in [0.05, 0.1) is 12.6 Å². The first-order valence-corrected chi connectivity index (χ1v) is 9.07. The van der Waals surface area contributed by atoms with Gasteiger partial charge < -0.3 is 10.2 Å². The summed E-state index contributed by atoms with van der Waals surface area (Å²) in [4.78, 5) is 17.0. The molecule has 27 heavy (non-hydrogen) atoms. The molecule has 1 saturated heterocycles. The van der Waals surface area contributed by atoms with Crippen LogP contribution in [0.5, 0.6) is 0 Å². The lowest BCUT2D eigenvalue weighted by molar-refractivity contribution is -0.133. The lowest BCUT2D eigenvalue weighted by atomic mass is 9.97. The summed E-state index contributed by atoms with van der Waals surface area (Å²) >= 11 is 0. The van der Waals surface area contributed by atoms with Gasteiger partial charge in [0.1, 0.15) is 5.82 Å². The maximum Gasteiger partial charge on any atom is 0.237 e. The number of rotatable bonds is 5. The van der Waals surface area contributed by atoms with E-state index in [1.54, 1.807) is 17.0 Å². The number of amides is 1. The molecule has 2 atom stereocenters. The molecule has 0 radical (unpaired) electrons. The maximum absolute atomic E-state index is 13.4. The molecule has 0 spiro atoms. The summed E-state index contributed by atoms with van der Waals surface area (Å²) in [6, 6.07) is 16.4. The highest BCUT2D eigenvalue weighted by Gasteiger charge is 2.27. The summed E-state index contributed by atoms with van der Waals surface area (Å²) < 4.78 is 13.4. The van der Waals surface area contributed by atoms with Crippen molar-refractivity contribution in [2.45, 2.75) is 19.0 Å². The largest absolute Gasteiger partial charge is 0.334 e. The normalized spacial score (nSPS) is 18.4. The molecule has 146 valence electrons. The van der Waals surface area contributed by atoms with Crippen LogP contribution in [0.4, 0.5) is 4.39 Å². The molecule has 0 aliphatic carbocycles. The van der Waals surface area contributed by atoms with Crippen molar-refractivity contribution in [2.24, 2.45) is 0 Å². The monoisotopic (exact) mass is 391 g/mol. The number of benzene rings is 2. The lowest BCUT2D eigenvalue weighted by Gasteiger charge is -2.36. The molecule has 1 amide bonds. The van der Waals surface area contributed by atoms with Gasteiger partial charge in [0.15, 0.2) is 0 Å². The molecule has 3 rings (SSSR count). The van der Waals surface area contributed by atoms with E-state index in [0.717, 1.165) is 30.8 Å². The first-order chi connectivity index (χ1) is 12.6. The summed E-state index contributed by atoms with van der Waals surface area (Å²) in [7, 11) is 1.83. The van der Waals surface area contributed by atoms with Crippen LogP contribution < -0.4 is 5.32 Å². The third kappa shape index (κ3) is 5.28. The quantitative estimate of drug-likeness (QED) is 0.850.